The molecule has 0 amide bonds. The third kappa shape index (κ3) is 2.85. The number of rotatable bonds is 3. The van der Waals surface area contributed by atoms with Gasteiger partial charge in [-0.1, -0.05) is 12.1 Å². The normalized spacial score (nSPS) is 19.9. The molecule has 0 unspecified atom stereocenters. The lowest BCUT2D eigenvalue weighted by atomic mass is 10.1. The van der Waals surface area contributed by atoms with E-state index in [4.69, 9.17) is 4.74 Å². The Labute approximate surface area is 115 Å². The zero-order valence-electron chi connectivity index (χ0n) is 11.7. The maximum absolute atomic E-state index is 5.89. The summed E-state index contributed by atoms with van der Waals surface area (Å²) in [6, 6.07) is 6.51. The Bertz CT molecular complexity index is 429. The van der Waals surface area contributed by atoms with Crippen LogP contribution in [0, 0.1) is 0 Å². The molecule has 0 radical (unpaired) electrons. The van der Waals surface area contributed by atoms with Crippen molar-refractivity contribution < 1.29 is 4.74 Å². The van der Waals surface area contributed by atoms with Gasteiger partial charge >= 0.3 is 0 Å². The summed E-state index contributed by atoms with van der Waals surface area (Å²) in [7, 11) is 2.14. The summed E-state index contributed by atoms with van der Waals surface area (Å²) in [4.78, 5) is 4.82. The smallest absolute Gasteiger partial charge is 0.145 e. The van der Waals surface area contributed by atoms with E-state index in [2.05, 4.69) is 40.4 Å². The van der Waals surface area contributed by atoms with Crippen molar-refractivity contribution in [3.8, 4) is 5.75 Å². The second kappa shape index (κ2) is 5.80. The van der Waals surface area contributed by atoms with Crippen molar-refractivity contribution in [3.05, 3.63) is 23.8 Å². The minimum atomic E-state index is 0.800. The molecule has 0 aliphatic carbocycles. The molecule has 0 bridgehead atoms. The SMILES string of the molecule is CN1CCOc2c(CCN3CCNCC3)cccc21. The highest BCUT2D eigenvalue weighted by atomic mass is 16.5. The van der Waals surface area contributed by atoms with E-state index in [1.54, 1.807) is 0 Å². The lowest BCUT2D eigenvalue weighted by Crippen LogP contribution is -2.44. The van der Waals surface area contributed by atoms with Crippen LogP contribution in [0.5, 0.6) is 5.75 Å². The van der Waals surface area contributed by atoms with Crippen LogP contribution in [-0.2, 0) is 6.42 Å². The number of para-hydroxylation sites is 1. The molecule has 3 rings (SSSR count). The van der Waals surface area contributed by atoms with Gasteiger partial charge in [-0.3, -0.25) is 0 Å². The molecule has 1 saturated heterocycles. The van der Waals surface area contributed by atoms with Crippen LogP contribution < -0.4 is 15.0 Å². The molecule has 104 valence electrons. The fourth-order valence-electron chi connectivity index (χ4n) is 2.85. The number of ether oxygens (including phenoxy) is 1. The summed E-state index contributed by atoms with van der Waals surface area (Å²) in [5, 5.41) is 3.40. The molecular formula is C15H23N3O. The Morgan fingerprint density at radius 2 is 2.05 bits per heavy atom. The van der Waals surface area contributed by atoms with E-state index in [1.165, 1.54) is 11.3 Å². The highest BCUT2D eigenvalue weighted by Crippen LogP contribution is 2.34. The molecule has 0 spiro atoms. The third-order valence-corrected chi connectivity index (χ3v) is 4.07. The van der Waals surface area contributed by atoms with E-state index >= 15 is 0 Å². The van der Waals surface area contributed by atoms with Gasteiger partial charge in [0.2, 0.25) is 0 Å². The van der Waals surface area contributed by atoms with Crippen molar-refractivity contribution >= 4 is 5.69 Å². The molecule has 0 atom stereocenters. The molecule has 2 heterocycles. The first-order valence-electron chi connectivity index (χ1n) is 7.23. The zero-order valence-corrected chi connectivity index (χ0v) is 11.7. The van der Waals surface area contributed by atoms with Gasteiger partial charge in [-0.2, -0.15) is 0 Å². The molecule has 1 aromatic carbocycles. The Morgan fingerprint density at radius 1 is 1.21 bits per heavy atom. The third-order valence-electron chi connectivity index (χ3n) is 4.07. The molecule has 0 aromatic heterocycles. The first-order chi connectivity index (χ1) is 9.34. The number of nitrogens with zero attached hydrogens (tertiary/aromatic N) is 2. The first kappa shape index (κ1) is 12.8. The summed E-state index contributed by atoms with van der Waals surface area (Å²) >= 11 is 0. The molecule has 1 aromatic rings. The molecule has 2 aliphatic rings. The van der Waals surface area contributed by atoms with E-state index < -0.39 is 0 Å². The summed E-state index contributed by atoms with van der Waals surface area (Å²) in [6.07, 6.45) is 1.08. The van der Waals surface area contributed by atoms with Crippen molar-refractivity contribution in [3.63, 3.8) is 0 Å². The van der Waals surface area contributed by atoms with Crippen molar-refractivity contribution in [1.29, 1.82) is 0 Å². The van der Waals surface area contributed by atoms with Gasteiger partial charge in [0, 0.05) is 39.8 Å². The Balaban J connectivity index is 1.69. The minimum absolute atomic E-state index is 0.800. The van der Waals surface area contributed by atoms with Gasteiger partial charge in [0.1, 0.15) is 12.4 Å². The van der Waals surface area contributed by atoms with Crippen LogP contribution in [0.4, 0.5) is 5.69 Å². The second-order valence-electron chi connectivity index (χ2n) is 5.38. The number of anilines is 1. The van der Waals surface area contributed by atoms with Crippen molar-refractivity contribution in [2.24, 2.45) is 0 Å². The zero-order chi connectivity index (χ0) is 13.1. The molecule has 1 N–H and O–H groups in total. The number of likely N-dealkylation sites (N-methyl/N-ethyl adjacent to an activating group) is 1. The summed E-state index contributed by atoms with van der Waals surface area (Å²) in [5.41, 5.74) is 2.59. The van der Waals surface area contributed by atoms with E-state index in [0.717, 1.165) is 58.0 Å². The standard InChI is InChI=1S/C15H23N3O/c1-17-11-12-19-15-13(3-2-4-14(15)17)5-8-18-9-6-16-7-10-18/h2-4,16H,5-12H2,1H3. The molecule has 4 nitrogen and oxygen atoms in total. The predicted molar refractivity (Wildman–Crippen MR) is 78.2 cm³/mol. The Morgan fingerprint density at radius 3 is 2.89 bits per heavy atom. The van der Waals surface area contributed by atoms with Crippen LogP contribution in [0.3, 0.4) is 0 Å². The van der Waals surface area contributed by atoms with Gasteiger partial charge in [0.15, 0.2) is 0 Å². The average Bonchev–Trinajstić information content (AvgIpc) is 2.47. The van der Waals surface area contributed by atoms with Gasteiger partial charge in [-0.15, -0.1) is 0 Å². The Hall–Kier alpha value is -1.26. The van der Waals surface area contributed by atoms with Crippen LogP contribution in [0.15, 0.2) is 18.2 Å². The molecular weight excluding hydrogens is 238 g/mol. The fourth-order valence-corrected chi connectivity index (χ4v) is 2.85. The van der Waals surface area contributed by atoms with Gasteiger partial charge in [-0.05, 0) is 18.1 Å². The molecule has 1 fully saturated rings. The van der Waals surface area contributed by atoms with Gasteiger partial charge < -0.3 is 19.9 Å². The lowest BCUT2D eigenvalue weighted by molar-refractivity contribution is 0.242. The van der Waals surface area contributed by atoms with Gasteiger partial charge in [-0.25, -0.2) is 0 Å². The highest BCUT2D eigenvalue weighted by molar-refractivity contribution is 5.62. The van der Waals surface area contributed by atoms with E-state index in [0.29, 0.717) is 0 Å². The number of fused-ring (bicyclic) bond motifs is 1. The molecule has 19 heavy (non-hydrogen) atoms. The monoisotopic (exact) mass is 261 g/mol. The van der Waals surface area contributed by atoms with Crippen LogP contribution in [-0.4, -0.2) is 57.8 Å². The van der Waals surface area contributed by atoms with E-state index in [-0.39, 0.29) is 0 Å². The van der Waals surface area contributed by atoms with E-state index in [1.807, 2.05) is 0 Å². The summed E-state index contributed by atoms with van der Waals surface area (Å²) < 4.78 is 5.89. The Kier molecular flexibility index (Phi) is 3.89. The second-order valence-corrected chi connectivity index (χ2v) is 5.38. The summed E-state index contributed by atoms with van der Waals surface area (Å²) in [5.74, 6) is 1.10. The molecule has 4 heteroatoms. The quantitative estimate of drug-likeness (QED) is 0.877. The van der Waals surface area contributed by atoms with Crippen LogP contribution in [0.25, 0.3) is 0 Å². The first-order valence-corrected chi connectivity index (χ1v) is 7.23. The van der Waals surface area contributed by atoms with E-state index in [9.17, 15) is 0 Å². The van der Waals surface area contributed by atoms with Crippen LogP contribution in [0.1, 0.15) is 5.56 Å². The number of hydrogen-bond donors (Lipinski definition) is 1. The van der Waals surface area contributed by atoms with Crippen LogP contribution >= 0.6 is 0 Å². The number of piperazine rings is 1. The molecule has 0 saturated carbocycles. The summed E-state index contributed by atoms with van der Waals surface area (Å²) in [6.45, 7) is 7.47. The average molecular weight is 261 g/mol. The maximum atomic E-state index is 5.89. The van der Waals surface area contributed by atoms with Gasteiger partial charge in [0.25, 0.3) is 0 Å². The van der Waals surface area contributed by atoms with Crippen molar-refractivity contribution in [1.82, 2.24) is 10.2 Å². The fraction of sp³-hybridized carbons (Fsp3) is 0.600. The van der Waals surface area contributed by atoms with Crippen molar-refractivity contribution in [2.75, 3.05) is 57.8 Å². The minimum Gasteiger partial charge on any atom is -0.489 e. The van der Waals surface area contributed by atoms with Gasteiger partial charge in [0.05, 0.1) is 12.2 Å². The number of benzene rings is 1. The maximum Gasteiger partial charge on any atom is 0.145 e. The van der Waals surface area contributed by atoms with Crippen LogP contribution in [0.2, 0.25) is 0 Å². The number of nitrogens with one attached hydrogen (secondary N) is 1. The predicted octanol–water partition coefficient (Wildman–Crippen LogP) is 0.963. The molecule has 2 aliphatic heterocycles. The lowest BCUT2D eigenvalue weighted by Gasteiger charge is -2.30. The van der Waals surface area contributed by atoms with Crippen molar-refractivity contribution in [2.45, 2.75) is 6.42 Å². The topological polar surface area (TPSA) is 27.7 Å². The largest absolute Gasteiger partial charge is 0.489 e. The highest BCUT2D eigenvalue weighted by Gasteiger charge is 2.18. The number of hydrogen-bond acceptors (Lipinski definition) is 4.